The van der Waals surface area contributed by atoms with Gasteiger partial charge in [0.15, 0.2) is 5.82 Å². The second-order valence-corrected chi connectivity index (χ2v) is 14.2. The van der Waals surface area contributed by atoms with Gasteiger partial charge in [-0.1, -0.05) is 152 Å². The van der Waals surface area contributed by atoms with Gasteiger partial charge in [0.25, 0.3) is 0 Å². The number of nitrogens with zero attached hydrogens (tertiary/aromatic N) is 4. The first-order valence-corrected chi connectivity index (χ1v) is 19.0. The summed E-state index contributed by atoms with van der Waals surface area (Å²) in [6, 6.07) is 61.7. The molecule has 3 heterocycles. The fourth-order valence-corrected chi connectivity index (χ4v) is 7.96. The fourth-order valence-electron chi connectivity index (χ4n) is 7.96. The van der Waals surface area contributed by atoms with Crippen LogP contribution in [0.1, 0.15) is 29.3 Å². The molecule has 0 saturated heterocycles. The quantitative estimate of drug-likeness (QED) is 0.165. The largest absolute Gasteiger partial charge is 0.256 e. The van der Waals surface area contributed by atoms with E-state index in [9.17, 15) is 0 Å². The van der Waals surface area contributed by atoms with Gasteiger partial charge in [-0.15, -0.1) is 0 Å². The maximum absolute atomic E-state index is 5.37. The van der Waals surface area contributed by atoms with Gasteiger partial charge in [0.1, 0.15) is 0 Å². The van der Waals surface area contributed by atoms with E-state index in [1.807, 2.05) is 48.8 Å². The molecule has 0 N–H and O–H groups in total. The molecule has 1 aliphatic rings. The second kappa shape index (κ2) is 14.5. The first-order chi connectivity index (χ1) is 27.7. The van der Waals surface area contributed by atoms with Gasteiger partial charge in [-0.05, 0) is 86.6 Å². The van der Waals surface area contributed by atoms with E-state index < -0.39 is 0 Å². The third-order valence-electron chi connectivity index (χ3n) is 10.8. The Morgan fingerprint density at radius 1 is 0.429 bits per heavy atom. The SMILES string of the molecule is C1=C(c2nc(-c3ccc(-c4ccccn4)cc3)cc(-c3ccc(-c4ccccn4)cc3)n2)CC(c2cccc3ccccc23)C=C1c1cccc2ccccc12. The molecule has 264 valence electrons. The molecule has 10 rings (SSSR count). The number of hydrogen-bond acceptors (Lipinski definition) is 4. The fraction of sp³-hybridized carbons (Fsp3) is 0.0385. The first-order valence-electron chi connectivity index (χ1n) is 19.0. The molecule has 1 atom stereocenters. The van der Waals surface area contributed by atoms with Crippen molar-refractivity contribution in [1.82, 2.24) is 19.9 Å². The third-order valence-corrected chi connectivity index (χ3v) is 10.8. The zero-order valence-corrected chi connectivity index (χ0v) is 30.6. The summed E-state index contributed by atoms with van der Waals surface area (Å²) in [7, 11) is 0. The van der Waals surface area contributed by atoms with E-state index in [0.29, 0.717) is 0 Å². The summed E-state index contributed by atoms with van der Waals surface area (Å²) >= 11 is 0. The minimum absolute atomic E-state index is 0.112. The van der Waals surface area contributed by atoms with Crippen LogP contribution in [0.5, 0.6) is 0 Å². The van der Waals surface area contributed by atoms with Crippen LogP contribution in [0.3, 0.4) is 0 Å². The van der Waals surface area contributed by atoms with Crippen molar-refractivity contribution in [2.45, 2.75) is 12.3 Å². The van der Waals surface area contributed by atoms with Crippen LogP contribution in [-0.2, 0) is 0 Å². The molecule has 1 aliphatic carbocycles. The van der Waals surface area contributed by atoms with Gasteiger partial charge in [0, 0.05) is 40.6 Å². The van der Waals surface area contributed by atoms with E-state index in [1.165, 1.54) is 38.2 Å². The van der Waals surface area contributed by atoms with Gasteiger partial charge >= 0.3 is 0 Å². The molecular formula is C52H36N4. The molecule has 0 amide bonds. The Morgan fingerprint density at radius 3 is 1.52 bits per heavy atom. The van der Waals surface area contributed by atoms with Gasteiger partial charge in [-0.25, -0.2) is 9.97 Å². The lowest BCUT2D eigenvalue weighted by Crippen LogP contribution is -2.08. The molecule has 1 unspecified atom stereocenters. The molecule has 0 fully saturated rings. The predicted octanol–water partition coefficient (Wildman–Crippen LogP) is 12.9. The van der Waals surface area contributed by atoms with Crippen LogP contribution >= 0.6 is 0 Å². The van der Waals surface area contributed by atoms with Crippen molar-refractivity contribution in [2.24, 2.45) is 0 Å². The van der Waals surface area contributed by atoms with Gasteiger partial charge in [-0.2, -0.15) is 0 Å². The molecule has 0 spiro atoms. The zero-order chi connectivity index (χ0) is 37.3. The van der Waals surface area contributed by atoms with E-state index in [-0.39, 0.29) is 5.92 Å². The minimum atomic E-state index is 0.112. The molecule has 0 saturated carbocycles. The Kier molecular flexibility index (Phi) is 8.62. The molecule has 3 aromatic heterocycles. The van der Waals surface area contributed by atoms with E-state index in [0.717, 1.165) is 62.8 Å². The highest BCUT2D eigenvalue weighted by Crippen LogP contribution is 2.42. The van der Waals surface area contributed by atoms with Gasteiger partial charge < -0.3 is 0 Å². The van der Waals surface area contributed by atoms with E-state index in [2.05, 4.69) is 162 Å². The first kappa shape index (κ1) is 33.3. The number of hydrogen-bond donors (Lipinski definition) is 0. The van der Waals surface area contributed by atoms with Crippen molar-refractivity contribution in [1.29, 1.82) is 0 Å². The summed E-state index contributed by atoms with van der Waals surface area (Å²) in [5, 5.41) is 4.96. The third kappa shape index (κ3) is 6.48. The lowest BCUT2D eigenvalue weighted by molar-refractivity contribution is 0.868. The summed E-state index contributed by atoms with van der Waals surface area (Å²) in [6.07, 6.45) is 9.19. The molecule has 6 aromatic carbocycles. The maximum Gasteiger partial charge on any atom is 0.156 e. The maximum atomic E-state index is 5.37. The number of allylic oxidation sites excluding steroid dienone is 4. The molecule has 4 heteroatoms. The number of aromatic nitrogens is 4. The van der Waals surface area contributed by atoms with Crippen molar-refractivity contribution < 1.29 is 0 Å². The summed E-state index contributed by atoms with van der Waals surface area (Å²) in [5.41, 5.74) is 12.6. The van der Waals surface area contributed by atoms with Gasteiger partial charge in [0.2, 0.25) is 0 Å². The molecule has 9 aromatic rings. The van der Waals surface area contributed by atoms with E-state index in [1.54, 1.807) is 0 Å². The average Bonchev–Trinajstić information content (AvgIpc) is 3.29. The minimum Gasteiger partial charge on any atom is -0.256 e. The highest BCUT2D eigenvalue weighted by atomic mass is 14.9. The molecule has 4 nitrogen and oxygen atoms in total. The van der Waals surface area contributed by atoms with Gasteiger partial charge in [0.05, 0.1) is 22.8 Å². The topological polar surface area (TPSA) is 51.6 Å². The summed E-state index contributed by atoms with van der Waals surface area (Å²) < 4.78 is 0. The molecule has 0 aliphatic heterocycles. The standard InChI is InChI=1S/C52H36N4/c1-3-15-44-35(11-1)13-9-17-46(44)41-31-42(47-18-10-14-36-12-2-4-16-45(36)47)33-43(32-41)52-55-50(39-25-21-37(22-26-39)48-19-5-7-29-53-48)34-51(56-52)40-27-23-38(24-28-40)49-20-6-8-30-54-49/h1-32,34,42H,33H2. The zero-order valence-electron chi connectivity index (χ0n) is 30.6. The van der Waals surface area contributed by atoms with Crippen molar-refractivity contribution in [3.63, 3.8) is 0 Å². The van der Waals surface area contributed by atoms with Crippen LogP contribution in [0, 0.1) is 0 Å². The van der Waals surface area contributed by atoms with E-state index in [4.69, 9.17) is 9.97 Å². The second-order valence-electron chi connectivity index (χ2n) is 14.2. The number of pyridine rings is 2. The summed E-state index contributed by atoms with van der Waals surface area (Å²) in [5.74, 6) is 0.845. The van der Waals surface area contributed by atoms with Crippen molar-refractivity contribution in [3.8, 4) is 45.0 Å². The Bertz CT molecular complexity index is 2800. The van der Waals surface area contributed by atoms with Crippen LogP contribution in [0.25, 0.3) is 77.7 Å². The average molecular weight is 717 g/mol. The Balaban J connectivity index is 1.13. The smallest absolute Gasteiger partial charge is 0.156 e. The Labute approximate surface area is 326 Å². The number of rotatable bonds is 7. The van der Waals surface area contributed by atoms with Crippen molar-refractivity contribution in [3.05, 3.63) is 217 Å². The molecule has 56 heavy (non-hydrogen) atoms. The molecule has 0 radical (unpaired) electrons. The van der Waals surface area contributed by atoms with Crippen molar-refractivity contribution >= 4 is 32.7 Å². The lowest BCUT2D eigenvalue weighted by Gasteiger charge is -2.24. The normalized spacial score (nSPS) is 14.0. The summed E-state index contributed by atoms with van der Waals surface area (Å²) in [6.45, 7) is 0. The van der Waals surface area contributed by atoms with Crippen molar-refractivity contribution in [2.75, 3.05) is 0 Å². The molecular weight excluding hydrogens is 681 g/mol. The predicted molar refractivity (Wildman–Crippen MR) is 231 cm³/mol. The van der Waals surface area contributed by atoms with Crippen LogP contribution in [-0.4, -0.2) is 19.9 Å². The van der Waals surface area contributed by atoms with Gasteiger partial charge in [-0.3, -0.25) is 9.97 Å². The summed E-state index contributed by atoms with van der Waals surface area (Å²) in [4.78, 5) is 19.9. The Morgan fingerprint density at radius 2 is 0.929 bits per heavy atom. The Hall–Kier alpha value is -7.30. The van der Waals surface area contributed by atoms with Crippen LogP contribution in [0.15, 0.2) is 200 Å². The highest BCUT2D eigenvalue weighted by molar-refractivity contribution is 5.99. The van der Waals surface area contributed by atoms with Crippen LogP contribution in [0.2, 0.25) is 0 Å². The lowest BCUT2D eigenvalue weighted by atomic mass is 9.81. The number of benzene rings is 6. The number of fused-ring (bicyclic) bond motifs is 2. The van der Waals surface area contributed by atoms with E-state index >= 15 is 0 Å². The van der Waals surface area contributed by atoms with Crippen LogP contribution < -0.4 is 0 Å². The van der Waals surface area contributed by atoms with Crippen LogP contribution in [0.4, 0.5) is 0 Å². The monoisotopic (exact) mass is 716 g/mol. The highest BCUT2D eigenvalue weighted by Gasteiger charge is 2.24. The molecule has 0 bridgehead atoms.